The van der Waals surface area contributed by atoms with Crippen molar-refractivity contribution in [1.82, 2.24) is 9.78 Å². The van der Waals surface area contributed by atoms with Crippen molar-refractivity contribution < 1.29 is 5.11 Å². The normalized spacial score (nSPS) is 26.2. The number of rotatable bonds is 4. The lowest BCUT2D eigenvalue weighted by atomic mass is 9.79. The molecule has 1 aromatic heterocycles. The number of aliphatic hydroxyl groups excluding tert-OH is 1. The maximum Gasteiger partial charge on any atom is 0.0999 e. The fraction of sp³-hybridized carbons (Fsp3) is 0.786. The number of halogens is 1. The summed E-state index contributed by atoms with van der Waals surface area (Å²) in [6, 6.07) is 0. The van der Waals surface area contributed by atoms with Crippen LogP contribution in [0, 0.1) is 11.8 Å². The van der Waals surface area contributed by atoms with E-state index >= 15 is 0 Å². The number of aliphatic hydroxyl groups is 1. The minimum absolute atomic E-state index is 0.332. The number of aryl methyl sites for hydroxylation is 1. The van der Waals surface area contributed by atoms with Crippen molar-refractivity contribution in [2.75, 3.05) is 0 Å². The van der Waals surface area contributed by atoms with Gasteiger partial charge in [0.2, 0.25) is 0 Å². The van der Waals surface area contributed by atoms with Crippen molar-refractivity contribution >= 4 is 11.6 Å². The summed E-state index contributed by atoms with van der Waals surface area (Å²) in [6.07, 6.45) is 6.87. The molecule has 3 nitrogen and oxygen atoms in total. The molecule has 1 aromatic rings. The van der Waals surface area contributed by atoms with Crippen LogP contribution < -0.4 is 0 Å². The molecule has 1 aliphatic rings. The van der Waals surface area contributed by atoms with Crippen LogP contribution in [0.5, 0.6) is 0 Å². The lowest BCUT2D eigenvalue weighted by Crippen LogP contribution is -2.22. The Bertz CT molecular complexity index is 391. The van der Waals surface area contributed by atoms with Crippen LogP contribution in [0.4, 0.5) is 0 Å². The highest BCUT2D eigenvalue weighted by Crippen LogP contribution is 2.38. The Morgan fingerprint density at radius 1 is 1.56 bits per heavy atom. The average Bonchev–Trinajstić information content (AvgIpc) is 2.70. The number of hydrogen-bond donors (Lipinski definition) is 1. The average molecular weight is 271 g/mol. The van der Waals surface area contributed by atoms with Crippen molar-refractivity contribution in [3.8, 4) is 0 Å². The number of nitrogens with zero attached hydrogens (tertiary/aromatic N) is 2. The van der Waals surface area contributed by atoms with E-state index in [0.717, 1.165) is 31.5 Å². The van der Waals surface area contributed by atoms with Gasteiger partial charge in [-0.1, -0.05) is 38.3 Å². The molecule has 102 valence electrons. The van der Waals surface area contributed by atoms with Gasteiger partial charge in [0.25, 0.3) is 0 Å². The van der Waals surface area contributed by atoms with Crippen molar-refractivity contribution in [2.45, 2.75) is 58.6 Å². The zero-order valence-corrected chi connectivity index (χ0v) is 12.0. The molecule has 1 saturated carbocycles. The first kappa shape index (κ1) is 13.9. The number of aromatic nitrogens is 2. The maximum absolute atomic E-state index is 10.6. The number of hydrogen-bond acceptors (Lipinski definition) is 2. The van der Waals surface area contributed by atoms with Gasteiger partial charge in [0.1, 0.15) is 0 Å². The van der Waals surface area contributed by atoms with Gasteiger partial charge in [-0.2, -0.15) is 5.10 Å². The first-order valence-corrected chi connectivity index (χ1v) is 7.40. The standard InChI is InChI=1S/C14H23ClN2O/c1-3-7-17-13(12(15)9-16-17)14(18)11-6-4-5-10(2)8-11/h9-11,14,18H,3-8H2,1-2H3. The van der Waals surface area contributed by atoms with Crippen LogP contribution in [0.15, 0.2) is 6.20 Å². The van der Waals surface area contributed by atoms with Crippen molar-refractivity contribution in [1.29, 1.82) is 0 Å². The first-order chi connectivity index (χ1) is 8.63. The van der Waals surface area contributed by atoms with E-state index in [-0.39, 0.29) is 0 Å². The van der Waals surface area contributed by atoms with Crippen LogP contribution in [0.2, 0.25) is 5.02 Å². The third kappa shape index (κ3) is 2.89. The second-order valence-electron chi connectivity index (χ2n) is 5.58. The molecule has 1 aliphatic carbocycles. The largest absolute Gasteiger partial charge is 0.386 e. The van der Waals surface area contributed by atoms with Gasteiger partial charge in [-0.3, -0.25) is 4.68 Å². The second kappa shape index (κ2) is 6.07. The minimum atomic E-state index is -0.464. The lowest BCUT2D eigenvalue weighted by molar-refractivity contribution is 0.0641. The molecule has 0 radical (unpaired) electrons. The van der Waals surface area contributed by atoms with E-state index < -0.39 is 6.10 Å². The Morgan fingerprint density at radius 2 is 2.33 bits per heavy atom. The molecule has 4 heteroatoms. The zero-order valence-electron chi connectivity index (χ0n) is 11.3. The highest BCUT2D eigenvalue weighted by molar-refractivity contribution is 6.31. The van der Waals surface area contributed by atoms with Crippen LogP contribution in [-0.4, -0.2) is 14.9 Å². The minimum Gasteiger partial charge on any atom is -0.386 e. The van der Waals surface area contributed by atoms with Gasteiger partial charge in [0.05, 0.1) is 23.0 Å². The summed E-state index contributed by atoms with van der Waals surface area (Å²) in [7, 11) is 0. The third-order valence-corrected chi connectivity index (χ3v) is 4.26. The molecular weight excluding hydrogens is 248 g/mol. The Labute approximate surface area is 114 Å². The summed E-state index contributed by atoms with van der Waals surface area (Å²) in [5.41, 5.74) is 0.817. The smallest absolute Gasteiger partial charge is 0.0999 e. The van der Waals surface area contributed by atoms with E-state index in [0.29, 0.717) is 16.9 Å². The van der Waals surface area contributed by atoms with E-state index in [2.05, 4.69) is 18.9 Å². The summed E-state index contributed by atoms with van der Waals surface area (Å²) >= 11 is 6.19. The summed E-state index contributed by atoms with van der Waals surface area (Å²) in [5, 5.41) is 15.5. The summed E-state index contributed by atoms with van der Waals surface area (Å²) in [4.78, 5) is 0. The van der Waals surface area contributed by atoms with Gasteiger partial charge in [-0.15, -0.1) is 0 Å². The molecular formula is C14H23ClN2O. The molecule has 3 unspecified atom stereocenters. The van der Waals surface area contributed by atoms with E-state index in [4.69, 9.17) is 11.6 Å². The predicted octanol–water partition coefficient (Wildman–Crippen LogP) is 3.81. The quantitative estimate of drug-likeness (QED) is 0.904. The van der Waals surface area contributed by atoms with Gasteiger partial charge in [-0.25, -0.2) is 0 Å². The highest BCUT2D eigenvalue weighted by atomic mass is 35.5. The third-order valence-electron chi connectivity index (χ3n) is 3.97. The zero-order chi connectivity index (χ0) is 13.1. The van der Waals surface area contributed by atoms with E-state index in [1.807, 2.05) is 4.68 Å². The highest BCUT2D eigenvalue weighted by Gasteiger charge is 2.30. The van der Waals surface area contributed by atoms with E-state index in [1.54, 1.807) is 6.20 Å². The van der Waals surface area contributed by atoms with Gasteiger partial charge in [0, 0.05) is 6.54 Å². The molecule has 0 aliphatic heterocycles. The Morgan fingerprint density at radius 3 is 3.00 bits per heavy atom. The first-order valence-electron chi connectivity index (χ1n) is 7.02. The molecule has 0 spiro atoms. The van der Waals surface area contributed by atoms with Crippen molar-refractivity contribution in [3.05, 3.63) is 16.9 Å². The molecule has 3 atom stereocenters. The molecule has 0 saturated heterocycles. The predicted molar refractivity (Wildman–Crippen MR) is 73.6 cm³/mol. The van der Waals surface area contributed by atoms with Crippen LogP contribution in [0.3, 0.4) is 0 Å². The van der Waals surface area contributed by atoms with Crippen molar-refractivity contribution in [3.63, 3.8) is 0 Å². The van der Waals surface area contributed by atoms with E-state index in [1.165, 1.54) is 12.8 Å². The molecule has 18 heavy (non-hydrogen) atoms. The Balaban J connectivity index is 2.16. The molecule has 0 aromatic carbocycles. The van der Waals surface area contributed by atoms with Crippen molar-refractivity contribution in [2.24, 2.45) is 11.8 Å². The van der Waals surface area contributed by atoms with Crippen LogP contribution in [0.25, 0.3) is 0 Å². The molecule has 0 amide bonds. The maximum atomic E-state index is 10.6. The fourth-order valence-corrected chi connectivity index (χ4v) is 3.30. The Hall–Kier alpha value is -0.540. The van der Waals surface area contributed by atoms with Crippen LogP contribution in [-0.2, 0) is 6.54 Å². The van der Waals surface area contributed by atoms with E-state index in [9.17, 15) is 5.11 Å². The molecule has 0 bridgehead atoms. The van der Waals surface area contributed by atoms with Gasteiger partial charge >= 0.3 is 0 Å². The molecule has 1 fully saturated rings. The van der Waals surface area contributed by atoms with Gasteiger partial charge < -0.3 is 5.11 Å². The fourth-order valence-electron chi connectivity index (χ4n) is 3.05. The van der Waals surface area contributed by atoms with Crippen LogP contribution in [0.1, 0.15) is 57.7 Å². The topological polar surface area (TPSA) is 38.0 Å². The Kier molecular flexibility index (Phi) is 4.68. The summed E-state index contributed by atoms with van der Waals surface area (Å²) < 4.78 is 1.87. The second-order valence-corrected chi connectivity index (χ2v) is 5.98. The van der Waals surface area contributed by atoms with Gasteiger partial charge in [0.15, 0.2) is 0 Å². The van der Waals surface area contributed by atoms with Gasteiger partial charge in [-0.05, 0) is 31.1 Å². The lowest BCUT2D eigenvalue weighted by Gasteiger charge is -2.30. The summed E-state index contributed by atoms with van der Waals surface area (Å²) in [6.45, 7) is 5.19. The molecule has 1 heterocycles. The molecule has 1 N–H and O–H groups in total. The van der Waals surface area contributed by atoms with Crippen LogP contribution >= 0.6 is 11.6 Å². The molecule has 2 rings (SSSR count). The summed E-state index contributed by atoms with van der Waals surface area (Å²) in [5.74, 6) is 1.04. The monoisotopic (exact) mass is 270 g/mol. The SMILES string of the molecule is CCCn1ncc(Cl)c1C(O)C1CCCC(C)C1.